The Balaban J connectivity index is 2.64. The predicted molar refractivity (Wildman–Crippen MR) is 70.8 cm³/mol. The zero-order valence-corrected chi connectivity index (χ0v) is 11.4. The highest BCUT2D eigenvalue weighted by atomic mass is 32.2. The Morgan fingerprint density at radius 3 is 2.69 bits per heavy atom. The van der Waals surface area contributed by atoms with E-state index in [4.69, 9.17) is 0 Å². The minimum atomic E-state index is -3.08. The van der Waals surface area contributed by atoms with Crippen molar-refractivity contribution >= 4 is 21.6 Å². The second-order valence-electron chi connectivity index (χ2n) is 3.69. The molecule has 0 aliphatic heterocycles. The third-order valence-corrected chi connectivity index (χ3v) is 5.04. The lowest BCUT2D eigenvalue weighted by Crippen LogP contribution is -2.07. The Labute approximate surface area is 102 Å². The average Bonchev–Trinajstić information content (AvgIpc) is 2.24. The first-order chi connectivity index (χ1) is 7.56. The molecule has 0 unspecified atom stereocenters. The minimum Gasteiger partial charge on any atom is -0.224 e. The Morgan fingerprint density at radius 1 is 1.31 bits per heavy atom. The van der Waals surface area contributed by atoms with Crippen molar-refractivity contribution in [2.45, 2.75) is 25.2 Å². The average molecular weight is 258 g/mol. The van der Waals surface area contributed by atoms with Crippen molar-refractivity contribution in [3.05, 3.63) is 29.8 Å². The molecule has 1 aromatic rings. The molecule has 1 rings (SSSR count). The first-order valence-electron chi connectivity index (χ1n) is 5.43. The number of hydrogen-bond acceptors (Lipinski definition) is 3. The molecule has 0 N–H and O–H groups in total. The van der Waals surface area contributed by atoms with Crippen molar-refractivity contribution in [1.29, 1.82) is 0 Å². The molecule has 0 aromatic heterocycles. The molecule has 2 nitrogen and oxygen atoms in total. The summed E-state index contributed by atoms with van der Waals surface area (Å²) in [5, 5.41) is 0. The maximum atomic E-state index is 11.9. The summed E-state index contributed by atoms with van der Waals surface area (Å²) in [6.07, 6.45) is 0.731. The summed E-state index contributed by atoms with van der Waals surface area (Å²) in [4.78, 5) is 0.453. The molecule has 0 heterocycles. The van der Waals surface area contributed by atoms with Gasteiger partial charge in [-0.1, -0.05) is 19.1 Å². The first kappa shape index (κ1) is 13.6. The quantitative estimate of drug-likeness (QED) is 0.736. The lowest BCUT2D eigenvalue weighted by Gasteiger charge is -2.04. The molecular weight excluding hydrogens is 240 g/mol. The fourth-order valence-corrected chi connectivity index (χ4v) is 3.65. The molecule has 90 valence electrons. The molecule has 0 radical (unpaired) electrons. The smallest absolute Gasteiger partial charge is 0.178 e. The molecule has 0 fully saturated rings. The number of sulfone groups is 1. The van der Waals surface area contributed by atoms with Gasteiger partial charge in [0.15, 0.2) is 9.84 Å². The number of hydrogen-bond donors (Lipinski definition) is 0. The monoisotopic (exact) mass is 258 g/mol. The van der Waals surface area contributed by atoms with Crippen LogP contribution >= 0.6 is 11.8 Å². The van der Waals surface area contributed by atoms with Crippen LogP contribution in [0.1, 0.15) is 18.9 Å². The van der Waals surface area contributed by atoms with Crippen molar-refractivity contribution in [3.8, 4) is 0 Å². The summed E-state index contributed by atoms with van der Waals surface area (Å²) >= 11 is 1.78. The van der Waals surface area contributed by atoms with E-state index in [1.54, 1.807) is 30.0 Å². The fourth-order valence-electron chi connectivity index (χ4n) is 1.42. The van der Waals surface area contributed by atoms with E-state index in [1.807, 2.05) is 13.0 Å². The van der Waals surface area contributed by atoms with Gasteiger partial charge in [-0.05, 0) is 42.5 Å². The van der Waals surface area contributed by atoms with E-state index in [2.05, 4.69) is 6.92 Å². The maximum absolute atomic E-state index is 11.9. The van der Waals surface area contributed by atoms with Gasteiger partial charge in [-0.3, -0.25) is 0 Å². The van der Waals surface area contributed by atoms with E-state index in [-0.39, 0.29) is 5.75 Å². The number of aryl methyl sites for hydroxylation is 1. The van der Waals surface area contributed by atoms with E-state index < -0.39 is 9.84 Å². The molecule has 4 heteroatoms. The highest BCUT2D eigenvalue weighted by molar-refractivity contribution is 7.99. The van der Waals surface area contributed by atoms with Crippen LogP contribution in [0.3, 0.4) is 0 Å². The molecule has 0 saturated carbocycles. The van der Waals surface area contributed by atoms with Crippen LogP contribution in [0.4, 0.5) is 0 Å². The van der Waals surface area contributed by atoms with Crippen molar-refractivity contribution in [2.24, 2.45) is 0 Å². The van der Waals surface area contributed by atoms with Crippen molar-refractivity contribution < 1.29 is 8.42 Å². The molecule has 0 saturated heterocycles. The Hall–Kier alpha value is -0.480. The van der Waals surface area contributed by atoms with Crippen LogP contribution in [0.5, 0.6) is 0 Å². The Bertz CT molecular complexity index is 424. The SMILES string of the molecule is CCSCCCS(=O)(=O)c1cccc(C)c1. The topological polar surface area (TPSA) is 34.1 Å². The lowest BCUT2D eigenvalue weighted by atomic mass is 10.2. The summed E-state index contributed by atoms with van der Waals surface area (Å²) in [6.45, 7) is 3.99. The predicted octanol–water partition coefficient (Wildman–Crippen LogP) is 2.91. The molecule has 0 bridgehead atoms. The van der Waals surface area contributed by atoms with Gasteiger partial charge < -0.3 is 0 Å². The van der Waals surface area contributed by atoms with Crippen molar-refractivity contribution in [2.75, 3.05) is 17.3 Å². The molecule has 0 aliphatic carbocycles. The summed E-state index contributed by atoms with van der Waals surface area (Å²) in [5.74, 6) is 2.22. The van der Waals surface area contributed by atoms with Gasteiger partial charge in [0.25, 0.3) is 0 Å². The summed E-state index contributed by atoms with van der Waals surface area (Å²) in [7, 11) is -3.08. The lowest BCUT2D eigenvalue weighted by molar-refractivity contribution is 0.595. The largest absolute Gasteiger partial charge is 0.224 e. The Morgan fingerprint density at radius 2 is 2.06 bits per heavy atom. The number of rotatable bonds is 6. The van der Waals surface area contributed by atoms with Crippen molar-refractivity contribution in [3.63, 3.8) is 0 Å². The molecular formula is C12H18O2S2. The van der Waals surface area contributed by atoms with Gasteiger partial charge >= 0.3 is 0 Å². The third-order valence-electron chi connectivity index (χ3n) is 2.25. The van der Waals surface area contributed by atoms with Gasteiger partial charge in [0.1, 0.15) is 0 Å². The molecule has 0 atom stereocenters. The van der Waals surface area contributed by atoms with Crippen LogP contribution in [0.2, 0.25) is 0 Å². The van der Waals surface area contributed by atoms with Crippen LogP contribution in [-0.2, 0) is 9.84 Å². The van der Waals surface area contributed by atoms with Crippen LogP contribution in [0, 0.1) is 6.92 Å². The Kier molecular flexibility index (Phi) is 5.35. The second-order valence-corrected chi connectivity index (χ2v) is 7.19. The summed E-state index contributed by atoms with van der Waals surface area (Å²) < 4.78 is 23.9. The highest BCUT2D eigenvalue weighted by Gasteiger charge is 2.13. The van der Waals surface area contributed by atoms with Crippen LogP contribution < -0.4 is 0 Å². The van der Waals surface area contributed by atoms with Crippen molar-refractivity contribution in [1.82, 2.24) is 0 Å². The summed E-state index contributed by atoms with van der Waals surface area (Å²) in [5.41, 5.74) is 0.990. The number of thioether (sulfide) groups is 1. The normalized spacial score (nSPS) is 11.6. The number of benzene rings is 1. The minimum absolute atomic E-state index is 0.253. The van der Waals surface area contributed by atoms with Gasteiger partial charge in [0.2, 0.25) is 0 Å². The van der Waals surface area contributed by atoms with Gasteiger partial charge in [0, 0.05) is 0 Å². The molecule has 0 aliphatic rings. The standard InChI is InChI=1S/C12H18O2S2/c1-3-15-8-5-9-16(13,14)12-7-4-6-11(2)10-12/h4,6-7,10H,3,5,8-9H2,1-2H3. The van der Waals surface area contributed by atoms with Gasteiger partial charge in [-0.2, -0.15) is 11.8 Å². The van der Waals surface area contributed by atoms with Gasteiger partial charge in [-0.15, -0.1) is 0 Å². The molecule has 16 heavy (non-hydrogen) atoms. The fraction of sp³-hybridized carbons (Fsp3) is 0.500. The second kappa shape index (κ2) is 6.30. The van der Waals surface area contributed by atoms with Crippen LogP contribution in [0.15, 0.2) is 29.2 Å². The first-order valence-corrected chi connectivity index (χ1v) is 8.24. The highest BCUT2D eigenvalue weighted by Crippen LogP contribution is 2.14. The van der Waals surface area contributed by atoms with E-state index in [0.29, 0.717) is 4.90 Å². The zero-order valence-electron chi connectivity index (χ0n) is 9.77. The van der Waals surface area contributed by atoms with Crippen LogP contribution in [-0.4, -0.2) is 25.7 Å². The van der Waals surface area contributed by atoms with E-state index in [1.165, 1.54) is 0 Å². The van der Waals surface area contributed by atoms with Gasteiger partial charge in [-0.25, -0.2) is 8.42 Å². The van der Waals surface area contributed by atoms with E-state index in [0.717, 1.165) is 23.5 Å². The molecule has 1 aromatic carbocycles. The van der Waals surface area contributed by atoms with E-state index in [9.17, 15) is 8.42 Å². The third kappa shape index (κ3) is 4.18. The van der Waals surface area contributed by atoms with Crippen LogP contribution in [0.25, 0.3) is 0 Å². The van der Waals surface area contributed by atoms with E-state index >= 15 is 0 Å². The maximum Gasteiger partial charge on any atom is 0.178 e. The zero-order chi connectivity index (χ0) is 12.0. The van der Waals surface area contributed by atoms with Gasteiger partial charge in [0.05, 0.1) is 10.6 Å². The molecule has 0 amide bonds. The summed E-state index contributed by atoms with van der Waals surface area (Å²) in [6, 6.07) is 7.12. The molecule has 0 spiro atoms.